The minimum atomic E-state index is 0.194. The predicted molar refractivity (Wildman–Crippen MR) is 51.9 cm³/mol. The second-order valence-corrected chi connectivity index (χ2v) is 2.67. The standard InChI is InChI=1S/C10H8N2O2/c13-9-4-2-1-3-8(9)7-11-10-5-6-14-12-10/h1-7,13H. The molecule has 0 saturated carbocycles. The molecule has 1 aromatic carbocycles. The minimum Gasteiger partial charge on any atom is -0.507 e. The lowest BCUT2D eigenvalue weighted by atomic mass is 10.2. The Hall–Kier alpha value is -2.10. The monoisotopic (exact) mass is 188 g/mol. The van der Waals surface area contributed by atoms with E-state index in [2.05, 4.69) is 14.7 Å². The lowest BCUT2D eigenvalue weighted by Crippen LogP contribution is -1.80. The van der Waals surface area contributed by atoms with Crippen molar-refractivity contribution >= 4 is 12.0 Å². The smallest absolute Gasteiger partial charge is 0.195 e. The average molecular weight is 188 g/mol. The van der Waals surface area contributed by atoms with E-state index in [0.717, 1.165) is 0 Å². The maximum atomic E-state index is 9.40. The van der Waals surface area contributed by atoms with Gasteiger partial charge in [0.1, 0.15) is 12.0 Å². The van der Waals surface area contributed by atoms with Gasteiger partial charge >= 0.3 is 0 Å². The molecule has 2 rings (SSSR count). The van der Waals surface area contributed by atoms with Gasteiger partial charge in [0.05, 0.1) is 0 Å². The molecule has 0 spiro atoms. The highest BCUT2D eigenvalue weighted by Gasteiger charge is 1.95. The Morgan fingerprint density at radius 3 is 2.86 bits per heavy atom. The van der Waals surface area contributed by atoms with Crippen LogP contribution in [0.15, 0.2) is 46.1 Å². The first-order chi connectivity index (χ1) is 6.86. The molecule has 0 amide bonds. The van der Waals surface area contributed by atoms with Gasteiger partial charge in [-0.1, -0.05) is 17.3 Å². The molecule has 2 aromatic rings. The maximum Gasteiger partial charge on any atom is 0.195 e. The molecule has 1 N–H and O–H groups in total. The van der Waals surface area contributed by atoms with Crippen molar-refractivity contribution in [2.45, 2.75) is 0 Å². The molecule has 4 heteroatoms. The molecule has 14 heavy (non-hydrogen) atoms. The zero-order chi connectivity index (χ0) is 9.80. The second-order valence-electron chi connectivity index (χ2n) is 2.67. The van der Waals surface area contributed by atoms with E-state index >= 15 is 0 Å². The van der Waals surface area contributed by atoms with E-state index in [0.29, 0.717) is 11.4 Å². The molecule has 0 bridgehead atoms. The Labute approximate surface area is 80.5 Å². The summed E-state index contributed by atoms with van der Waals surface area (Å²) in [6.07, 6.45) is 2.98. The number of aromatic nitrogens is 1. The molecule has 70 valence electrons. The number of phenolic OH excluding ortho intramolecular Hbond substituents is 1. The van der Waals surface area contributed by atoms with E-state index in [1.807, 2.05) is 6.07 Å². The van der Waals surface area contributed by atoms with Gasteiger partial charge < -0.3 is 9.63 Å². The number of nitrogens with zero attached hydrogens (tertiary/aromatic N) is 2. The predicted octanol–water partition coefficient (Wildman–Crippen LogP) is 2.13. The van der Waals surface area contributed by atoms with Crippen LogP contribution in [0.2, 0.25) is 0 Å². The first kappa shape index (κ1) is 8.50. The molecule has 0 radical (unpaired) electrons. The van der Waals surface area contributed by atoms with Crippen LogP contribution in [0.25, 0.3) is 0 Å². The van der Waals surface area contributed by atoms with Crippen LogP contribution in [0.5, 0.6) is 5.75 Å². The van der Waals surface area contributed by atoms with Gasteiger partial charge in [-0.15, -0.1) is 0 Å². The Morgan fingerprint density at radius 1 is 1.29 bits per heavy atom. The summed E-state index contributed by atoms with van der Waals surface area (Å²) in [4.78, 5) is 4.01. The highest BCUT2D eigenvalue weighted by Crippen LogP contribution is 2.14. The SMILES string of the molecule is Oc1ccccc1C=Nc1ccon1. The highest BCUT2D eigenvalue weighted by molar-refractivity contribution is 5.84. The van der Waals surface area contributed by atoms with Crippen molar-refractivity contribution in [2.75, 3.05) is 0 Å². The summed E-state index contributed by atoms with van der Waals surface area (Å²) < 4.78 is 4.61. The Morgan fingerprint density at radius 2 is 2.14 bits per heavy atom. The van der Waals surface area contributed by atoms with Crippen LogP contribution in [0.3, 0.4) is 0 Å². The highest BCUT2D eigenvalue weighted by atomic mass is 16.5. The van der Waals surface area contributed by atoms with E-state index in [1.165, 1.54) is 12.5 Å². The van der Waals surface area contributed by atoms with E-state index in [-0.39, 0.29) is 5.75 Å². The van der Waals surface area contributed by atoms with Gasteiger partial charge in [-0.05, 0) is 12.1 Å². The Balaban J connectivity index is 2.23. The van der Waals surface area contributed by atoms with Crippen LogP contribution >= 0.6 is 0 Å². The van der Waals surface area contributed by atoms with Crippen LogP contribution in [-0.4, -0.2) is 16.5 Å². The lowest BCUT2D eigenvalue weighted by molar-refractivity contribution is 0.422. The first-order valence-electron chi connectivity index (χ1n) is 4.09. The summed E-state index contributed by atoms with van der Waals surface area (Å²) in [7, 11) is 0. The van der Waals surface area contributed by atoms with Crippen molar-refractivity contribution in [2.24, 2.45) is 4.99 Å². The van der Waals surface area contributed by atoms with Crippen molar-refractivity contribution in [1.82, 2.24) is 5.16 Å². The Kier molecular flexibility index (Phi) is 2.27. The van der Waals surface area contributed by atoms with Crippen molar-refractivity contribution in [3.8, 4) is 5.75 Å². The number of hydrogen-bond donors (Lipinski definition) is 1. The Bertz CT molecular complexity index is 435. The fourth-order valence-corrected chi connectivity index (χ4v) is 1.01. The van der Waals surface area contributed by atoms with Crippen LogP contribution < -0.4 is 0 Å². The molecule has 0 aliphatic heterocycles. The third-order valence-electron chi connectivity index (χ3n) is 1.70. The van der Waals surface area contributed by atoms with Gasteiger partial charge in [0, 0.05) is 17.8 Å². The van der Waals surface area contributed by atoms with Crippen LogP contribution in [0.4, 0.5) is 5.82 Å². The van der Waals surface area contributed by atoms with Crippen molar-refractivity contribution in [3.05, 3.63) is 42.2 Å². The van der Waals surface area contributed by atoms with E-state index in [4.69, 9.17) is 0 Å². The average Bonchev–Trinajstić information content (AvgIpc) is 2.69. The molecule has 4 nitrogen and oxygen atoms in total. The molecule has 0 aliphatic carbocycles. The lowest BCUT2D eigenvalue weighted by Gasteiger charge is -1.94. The number of phenols is 1. The quantitative estimate of drug-likeness (QED) is 0.734. The molecule has 0 aliphatic rings. The minimum absolute atomic E-state index is 0.194. The summed E-state index contributed by atoms with van der Waals surface area (Å²) in [5.41, 5.74) is 0.649. The molecule has 0 fully saturated rings. The zero-order valence-electron chi connectivity index (χ0n) is 7.29. The number of benzene rings is 1. The van der Waals surface area contributed by atoms with Crippen LogP contribution in [-0.2, 0) is 0 Å². The third kappa shape index (κ3) is 1.80. The van der Waals surface area contributed by atoms with Gasteiger partial charge in [-0.3, -0.25) is 0 Å². The van der Waals surface area contributed by atoms with E-state index < -0.39 is 0 Å². The summed E-state index contributed by atoms with van der Waals surface area (Å²) in [5.74, 6) is 0.674. The normalized spacial score (nSPS) is 10.9. The number of para-hydroxylation sites is 1. The molecule has 0 unspecified atom stereocenters. The number of rotatable bonds is 2. The summed E-state index contributed by atoms with van der Waals surface area (Å²) >= 11 is 0. The third-order valence-corrected chi connectivity index (χ3v) is 1.70. The number of hydrogen-bond acceptors (Lipinski definition) is 4. The molecule has 0 atom stereocenters. The van der Waals surface area contributed by atoms with Crippen molar-refractivity contribution in [3.63, 3.8) is 0 Å². The van der Waals surface area contributed by atoms with Gasteiger partial charge in [0.2, 0.25) is 0 Å². The second kappa shape index (κ2) is 3.74. The molecule has 1 aromatic heterocycles. The fraction of sp³-hybridized carbons (Fsp3) is 0. The van der Waals surface area contributed by atoms with E-state index in [9.17, 15) is 5.11 Å². The van der Waals surface area contributed by atoms with Gasteiger partial charge in [0.15, 0.2) is 5.82 Å². The summed E-state index contributed by atoms with van der Waals surface area (Å²) in [6.45, 7) is 0. The van der Waals surface area contributed by atoms with Gasteiger partial charge in [-0.2, -0.15) is 0 Å². The molecular weight excluding hydrogens is 180 g/mol. The van der Waals surface area contributed by atoms with Crippen LogP contribution in [0, 0.1) is 0 Å². The number of aliphatic imine (C=N–C) groups is 1. The summed E-state index contributed by atoms with van der Waals surface area (Å²) in [5, 5.41) is 13.0. The van der Waals surface area contributed by atoms with Crippen LogP contribution in [0.1, 0.15) is 5.56 Å². The molecule has 1 heterocycles. The molecule has 0 saturated heterocycles. The molecular formula is C10H8N2O2. The maximum absolute atomic E-state index is 9.40. The van der Waals surface area contributed by atoms with Crippen molar-refractivity contribution in [1.29, 1.82) is 0 Å². The zero-order valence-corrected chi connectivity index (χ0v) is 7.29. The van der Waals surface area contributed by atoms with Gasteiger partial charge in [0.25, 0.3) is 0 Å². The topological polar surface area (TPSA) is 58.6 Å². The number of aromatic hydroxyl groups is 1. The first-order valence-corrected chi connectivity index (χ1v) is 4.09. The van der Waals surface area contributed by atoms with Crippen molar-refractivity contribution < 1.29 is 9.63 Å². The largest absolute Gasteiger partial charge is 0.507 e. The fourth-order valence-electron chi connectivity index (χ4n) is 1.01. The van der Waals surface area contributed by atoms with Gasteiger partial charge in [-0.25, -0.2) is 4.99 Å². The summed E-state index contributed by atoms with van der Waals surface area (Å²) in [6, 6.07) is 8.58. The van der Waals surface area contributed by atoms with E-state index in [1.54, 1.807) is 24.3 Å².